The second-order valence-corrected chi connectivity index (χ2v) is 17.2. The second kappa shape index (κ2) is 37.2. The number of aliphatic hydroxyl groups excluding tert-OH is 1. The first kappa shape index (κ1) is 51.3. The van der Waals surface area contributed by atoms with Crippen LogP contribution in [0.4, 0.5) is 0 Å². The van der Waals surface area contributed by atoms with E-state index in [-0.39, 0.29) is 25.3 Å². The van der Waals surface area contributed by atoms with Gasteiger partial charge in [-0.3, -0.25) is 9.69 Å². The predicted molar refractivity (Wildman–Crippen MR) is 242 cm³/mol. The van der Waals surface area contributed by atoms with Gasteiger partial charge in [-0.1, -0.05) is 162 Å². The van der Waals surface area contributed by atoms with E-state index in [1.165, 1.54) is 166 Å². The van der Waals surface area contributed by atoms with Gasteiger partial charge < -0.3 is 24.2 Å². The monoisotopic (exact) mass is 801 g/mol. The molecule has 0 saturated carbocycles. The molecule has 1 aliphatic rings. The third kappa shape index (κ3) is 29.1. The summed E-state index contributed by atoms with van der Waals surface area (Å²) >= 11 is 0. The number of aryl methyl sites for hydroxylation is 1. The van der Waals surface area contributed by atoms with E-state index in [0.29, 0.717) is 13.0 Å². The average molecular weight is 801 g/mol. The van der Waals surface area contributed by atoms with Crippen molar-refractivity contribution in [3.05, 3.63) is 23.8 Å². The number of aliphatic hydroxyl groups is 1. The van der Waals surface area contributed by atoms with Crippen molar-refractivity contribution in [3.63, 3.8) is 0 Å². The molecule has 0 bridgehead atoms. The third-order valence-corrected chi connectivity index (χ3v) is 11.9. The molecule has 7 heteroatoms. The van der Waals surface area contributed by atoms with E-state index in [1.54, 1.807) is 0 Å². The molecule has 0 aliphatic carbocycles. The number of piperazine rings is 1. The van der Waals surface area contributed by atoms with Gasteiger partial charge in [0, 0.05) is 45.2 Å². The molecule has 332 valence electrons. The molecule has 0 unspecified atom stereocenters. The molecule has 1 aromatic rings. The van der Waals surface area contributed by atoms with Gasteiger partial charge >= 0.3 is 5.97 Å². The molecule has 7 nitrogen and oxygen atoms in total. The summed E-state index contributed by atoms with van der Waals surface area (Å²) in [5.41, 5.74) is 1.29. The van der Waals surface area contributed by atoms with Gasteiger partial charge in [0.15, 0.2) is 0 Å². The number of carbonyl (C=O) groups excluding carboxylic acids is 1. The Labute approximate surface area is 352 Å². The van der Waals surface area contributed by atoms with E-state index in [0.717, 1.165) is 76.5 Å². The Bertz CT molecular complexity index is 1030. The molecule has 0 atom stereocenters. The van der Waals surface area contributed by atoms with Crippen LogP contribution in [0.2, 0.25) is 0 Å². The van der Waals surface area contributed by atoms with Gasteiger partial charge in [-0.15, -0.1) is 0 Å². The smallest absolute Gasteiger partial charge is 0.305 e. The van der Waals surface area contributed by atoms with Crippen molar-refractivity contribution < 1.29 is 24.1 Å². The number of nitrogens with zero attached hydrogens (tertiary/aromatic N) is 2. The Kier molecular flexibility index (Phi) is 33.5. The number of unbranched alkanes of at least 4 members (excludes halogenated alkanes) is 22. The fraction of sp³-hybridized carbons (Fsp3) is 0.860. The molecule has 1 aromatic carbocycles. The summed E-state index contributed by atoms with van der Waals surface area (Å²) in [7, 11) is 0. The van der Waals surface area contributed by atoms with Crippen LogP contribution in [-0.4, -0.2) is 86.1 Å². The molecule has 0 radical (unpaired) electrons. The minimum Gasteiger partial charge on any atom is -0.490 e. The Morgan fingerprint density at radius 1 is 0.561 bits per heavy atom. The van der Waals surface area contributed by atoms with Crippen LogP contribution < -0.4 is 9.47 Å². The van der Waals surface area contributed by atoms with Crippen LogP contribution in [-0.2, 0) is 16.0 Å². The standard InChI is InChI=1S/C50H92N2O5/c1-4-7-10-13-16-17-18-19-20-21-22-23-26-30-46-43-48(55-41-42-56-50(54)33-29-34-51-35-37-52(38-36-51)39-40-53)45-49(44-46)57-47(31-27-24-14-11-8-5-2)32-28-25-15-12-9-6-3/h43-45,47,53H,4-42H2,1-3H3. The van der Waals surface area contributed by atoms with Crippen molar-refractivity contribution in [1.29, 1.82) is 0 Å². The lowest BCUT2D eigenvalue weighted by atomic mass is 10.0. The van der Waals surface area contributed by atoms with Gasteiger partial charge in [0.05, 0.1) is 12.7 Å². The van der Waals surface area contributed by atoms with E-state index < -0.39 is 0 Å². The highest BCUT2D eigenvalue weighted by Crippen LogP contribution is 2.28. The van der Waals surface area contributed by atoms with E-state index >= 15 is 0 Å². The normalized spacial score (nSPS) is 13.8. The van der Waals surface area contributed by atoms with Crippen molar-refractivity contribution in [2.24, 2.45) is 0 Å². The number of hydrogen-bond acceptors (Lipinski definition) is 7. The second-order valence-electron chi connectivity index (χ2n) is 17.2. The fourth-order valence-electron chi connectivity index (χ4n) is 8.24. The number of rotatable bonds is 40. The lowest BCUT2D eigenvalue weighted by molar-refractivity contribution is -0.144. The van der Waals surface area contributed by atoms with Crippen LogP contribution >= 0.6 is 0 Å². The van der Waals surface area contributed by atoms with E-state index in [1.807, 2.05) is 0 Å². The molecule has 0 spiro atoms. The van der Waals surface area contributed by atoms with Crippen LogP contribution in [0.5, 0.6) is 11.5 Å². The number of hydrogen-bond donors (Lipinski definition) is 1. The molecule has 1 fully saturated rings. The number of carbonyl (C=O) groups is 1. The summed E-state index contributed by atoms with van der Waals surface area (Å²) in [6, 6.07) is 6.53. The molecular formula is C50H92N2O5. The Morgan fingerprint density at radius 3 is 1.53 bits per heavy atom. The third-order valence-electron chi connectivity index (χ3n) is 11.9. The van der Waals surface area contributed by atoms with E-state index in [4.69, 9.17) is 14.2 Å². The summed E-state index contributed by atoms with van der Waals surface area (Å²) in [4.78, 5) is 17.2. The van der Waals surface area contributed by atoms with Gasteiger partial charge in [0.2, 0.25) is 0 Å². The molecule has 0 aromatic heterocycles. The highest BCUT2D eigenvalue weighted by molar-refractivity contribution is 5.69. The molecule has 2 rings (SSSR count). The number of esters is 1. The van der Waals surface area contributed by atoms with Crippen molar-refractivity contribution in [1.82, 2.24) is 9.80 Å². The highest BCUT2D eigenvalue weighted by Gasteiger charge is 2.17. The summed E-state index contributed by atoms with van der Waals surface area (Å²) in [6.07, 6.45) is 38.2. The minimum absolute atomic E-state index is 0.148. The van der Waals surface area contributed by atoms with Gasteiger partial charge in [-0.05, 0) is 69.2 Å². The van der Waals surface area contributed by atoms with Gasteiger partial charge in [-0.25, -0.2) is 0 Å². The van der Waals surface area contributed by atoms with Crippen LogP contribution in [0, 0.1) is 0 Å². The zero-order valence-electron chi connectivity index (χ0n) is 37.9. The molecular weight excluding hydrogens is 709 g/mol. The summed E-state index contributed by atoms with van der Waals surface area (Å²) < 4.78 is 18.7. The molecule has 1 N–H and O–H groups in total. The number of ether oxygens (including phenoxy) is 3. The van der Waals surface area contributed by atoms with Crippen molar-refractivity contribution in [2.45, 2.75) is 219 Å². The molecule has 1 heterocycles. The summed E-state index contributed by atoms with van der Waals surface area (Å²) in [5.74, 6) is 1.62. The first-order valence-electron chi connectivity index (χ1n) is 24.7. The first-order chi connectivity index (χ1) is 28.1. The molecule has 57 heavy (non-hydrogen) atoms. The van der Waals surface area contributed by atoms with Crippen LogP contribution in [0.3, 0.4) is 0 Å². The lowest BCUT2D eigenvalue weighted by Crippen LogP contribution is -2.47. The summed E-state index contributed by atoms with van der Waals surface area (Å²) in [5, 5.41) is 9.18. The number of benzene rings is 1. The number of β-amino-alcohol motifs (C(OH)–C–C–N with tert-alkyl or cyclic N) is 1. The van der Waals surface area contributed by atoms with Crippen molar-refractivity contribution in [3.8, 4) is 11.5 Å². The average Bonchev–Trinajstić information content (AvgIpc) is 3.21. The zero-order valence-corrected chi connectivity index (χ0v) is 37.9. The molecule has 1 saturated heterocycles. The Balaban J connectivity index is 1.87. The van der Waals surface area contributed by atoms with Gasteiger partial charge in [-0.2, -0.15) is 0 Å². The topological polar surface area (TPSA) is 71.5 Å². The fourth-order valence-corrected chi connectivity index (χ4v) is 8.24. The van der Waals surface area contributed by atoms with Crippen LogP contribution in [0.25, 0.3) is 0 Å². The van der Waals surface area contributed by atoms with Crippen molar-refractivity contribution >= 4 is 5.97 Å². The quantitative estimate of drug-likeness (QED) is 0.0523. The highest BCUT2D eigenvalue weighted by atomic mass is 16.6. The Hall–Kier alpha value is -1.83. The first-order valence-corrected chi connectivity index (χ1v) is 24.7. The van der Waals surface area contributed by atoms with Crippen LogP contribution in [0.15, 0.2) is 18.2 Å². The maximum atomic E-state index is 12.5. The SMILES string of the molecule is CCCCCCCCCCCCCCCc1cc(OCCOC(=O)CCCN2CCN(CCO)CC2)cc(OC(CCCCCCCC)CCCCCCCC)c1. The Morgan fingerprint density at radius 2 is 1.02 bits per heavy atom. The minimum atomic E-state index is -0.148. The largest absolute Gasteiger partial charge is 0.490 e. The molecule has 0 amide bonds. The predicted octanol–water partition coefficient (Wildman–Crippen LogP) is 12.9. The van der Waals surface area contributed by atoms with Crippen molar-refractivity contribution in [2.75, 3.05) is 59.1 Å². The van der Waals surface area contributed by atoms with Gasteiger partial charge in [0.1, 0.15) is 24.7 Å². The maximum absolute atomic E-state index is 12.5. The van der Waals surface area contributed by atoms with E-state index in [9.17, 15) is 9.90 Å². The lowest BCUT2D eigenvalue weighted by Gasteiger charge is -2.34. The maximum Gasteiger partial charge on any atom is 0.305 e. The van der Waals surface area contributed by atoms with Crippen LogP contribution in [0.1, 0.15) is 213 Å². The zero-order chi connectivity index (χ0) is 40.9. The van der Waals surface area contributed by atoms with Gasteiger partial charge in [0.25, 0.3) is 0 Å². The summed E-state index contributed by atoms with van der Waals surface area (Å²) in [6.45, 7) is 13.3. The molecule has 1 aliphatic heterocycles. The van der Waals surface area contributed by atoms with E-state index in [2.05, 4.69) is 48.8 Å².